The van der Waals surface area contributed by atoms with E-state index in [9.17, 15) is 0 Å². The lowest BCUT2D eigenvalue weighted by atomic mass is 10.1. The number of benzene rings is 2. The number of hydrogen-bond acceptors (Lipinski definition) is 7. The number of anilines is 2. The molecule has 0 spiro atoms. The van der Waals surface area contributed by atoms with Crippen LogP contribution in [-0.4, -0.2) is 39.9 Å². The molecular formula is C24H27N7O. The summed E-state index contributed by atoms with van der Waals surface area (Å²) in [5.41, 5.74) is 11.1. The lowest BCUT2D eigenvalue weighted by Gasteiger charge is -2.23. The lowest BCUT2D eigenvalue weighted by molar-refractivity contribution is 0.350. The van der Waals surface area contributed by atoms with Gasteiger partial charge in [-0.25, -0.2) is 14.6 Å². The molecular weight excluding hydrogens is 402 g/mol. The minimum absolute atomic E-state index is 0.311. The number of nitrogen functional groups attached to an aromatic ring is 1. The van der Waals surface area contributed by atoms with Gasteiger partial charge in [0.25, 0.3) is 0 Å². The van der Waals surface area contributed by atoms with Crippen molar-refractivity contribution in [3.8, 4) is 17.0 Å². The molecule has 0 unspecified atom stereocenters. The van der Waals surface area contributed by atoms with Crippen LogP contribution in [0.4, 0.5) is 11.5 Å². The van der Waals surface area contributed by atoms with E-state index in [-0.39, 0.29) is 0 Å². The zero-order valence-electron chi connectivity index (χ0n) is 18.1. The Morgan fingerprint density at radius 3 is 2.72 bits per heavy atom. The highest BCUT2D eigenvalue weighted by atomic mass is 16.5. The number of aromatic nitrogens is 4. The van der Waals surface area contributed by atoms with E-state index in [2.05, 4.69) is 50.9 Å². The van der Waals surface area contributed by atoms with E-state index < -0.39 is 0 Å². The van der Waals surface area contributed by atoms with Crippen molar-refractivity contribution in [2.24, 2.45) is 0 Å². The minimum atomic E-state index is 0.311. The summed E-state index contributed by atoms with van der Waals surface area (Å²) in [6, 6.07) is 16.6. The summed E-state index contributed by atoms with van der Waals surface area (Å²) >= 11 is 0. The van der Waals surface area contributed by atoms with Crippen molar-refractivity contribution in [1.29, 1.82) is 0 Å². The third-order valence-electron chi connectivity index (χ3n) is 5.96. The fraction of sp³-hybridized carbons (Fsp3) is 0.292. The molecule has 2 aromatic carbocycles. The van der Waals surface area contributed by atoms with Crippen molar-refractivity contribution in [2.45, 2.75) is 25.4 Å². The van der Waals surface area contributed by atoms with Gasteiger partial charge in [-0.2, -0.15) is 5.10 Å². The van der Waals surface area contributed by atoms with Crippen LogP contribution in [0.5, 0.6) is 5.75 Å². The first-order valence-electron chi connectivity index (χ1n) is 10.9. The highest BCUT2D eigenvalue weighted by molar-refractivity contribution is 5.98. The molecule has 8 nitrogen and oxygen atoms in total. The van der Waals surface area contributed by atoms with Crippen LogP contribution in [0.3, 0.4) is 0 Å². The Balaban J connectivity index is 1.41. The summed E-state index contributed by atoms with van der Waals surface area (Å²) < 4.78 is 7.34. The number of nitrogens with one attached hydrogen (secondary N) is 2. The van der Waals surface area contributed by atoms with Crippen LogP contribution in [0, 0.1) is 0 Å². The van der Waals surface area contributed by atoms with Crippen LogP contribution in [0.1, 0.15) is 24.4 Å². The number of nitrogens with zero attached hydrogens (tertiary/aromatic N) is 4. The first-order chi connectivity index (χ1) is 15.7. The van der Waals surface area contributed by atoms with E-state index in [0.717, 1.165) is 65.2 Å². The Kier molecular flexibility index (Phi) is 5.60. The Hall–Kier alpha value is -3.65. The highest BCUT2D eigenvalue weighted by Gasteiger charge is 2.23. The normalized spacial score (nSPS) is 14.5. The van der Waals surface area contributed by atoms with Gasteiger partial charge in [-0.1, -0.05) is 24.3 Å². The second-order valence-electron chi connectivity index (χ2n) is 8.01. The van der Waals surface area contributed by atoms with Crippen molar-refractivity contribution in [2.75, 3.05) is 31.2 Å². The van der Waals surface area contributed by atoms with Crippen LogP contribution >= 0.6 is 0 Å². The van der Waals surface area contributed by atoms with Gasteiger partial charge in [-0.05, 0) is 55.8 Å². The molecule has 1 saturated heterocycles. The maximum Gasteiger partial charge on any atom is 0.164 e. The Labute approximate surface area is 186 Å². The van der Waals surface area contributed by atoms with E-state index in [1.807, 2.05) is 22.9 Å². The molecule has 1 aliphatic rings. The Bertz CT molecular complexity index is 1210. The van der Waals surface area contributed by atoms with Crippen molar-refractivity contribution < 1.29 is 4.74 Å². The molecule has 2 aromatic heterocycles. The molecule has 0 bridgehead atoms. The number of rotatable bonds is 6. The topological polar surface area (TPSA) is 103 Å². The molecule has 0 atom stereocenters. The zero-order valence-corrected chi connectivity index (χ0v) is 18.1. The molecule has 0 amide bonds. The van der Waals surface area contributed by atoms with Gasteiger partial charge in [0, 0.05) is 17.8 Å². The lowest BCUT2D eigenvalue weighted by Crippen LogP contribution is -2.30. The molecule has 32 heavy (non-hydrogen) atoms. The van der Waals surface area contributed by atoms with Crippen molar-refractivity contribution in [3.05, 3.63) is 60.4 Å². The van der Waals surface area contributed by atoms with Crippen molar-refractivity contribution >= 4 is 22.5 Å². The van der Waals surface area contributed by atoms with Gasteiger partial charge >= 0.3 is 0 Å². The highest BCUT2D eigenvalue weighted by Crippen LogP contribution is 2.33. The molecule has 1 aliphatic heterocycles. The minimum Gasteiger partial charge on any atom is -0.497 e. The Morgan fingerprint density at radius 1 is 1.12 bits per heavy atom. The maximum atomic E-state index is 6.26. The summed E-state index contributed by atoms with van der Waals surface area (Å²) in [4.78, 5) is 8.75. The fourth-order valence-corrected chi connectivity index (χ4v) is 4.24. The molecule has 164 valence electrons. The van der Waals surface area contributed by atoms with Gasteiger partial charge in [0.2, 0.25) is 0 Å². The van der Waals surface area contributed by atoms with E-state index >= 15 is 0 Å². The van der Waals surface area contributed by atoms with E-state index in [4.69, 9.17) is 15.6 Å². The van der Waals surface area contributed by atoms with Gasteiger partial charge < -0.3 is 21.1 Å². The zero-order chi connectivity index (χ0) is 21.9. The first-order valence-corrected chi connectivity index (χ1v) is 10.9. The SMILES string of the molecule is COc1cccc(CNc2ccc(-c3nn(C4CCNCC4)c4ncnc(N)c34)cc2)c1. The smallest absolute Gasteiger partial charge is 0.164 e. The van der Waals surface area contributed by atoms with E-state index in [1.165, 1.54) is 6.33 Å². The Morgan fingerprint density at radius 2 is 1.94 bits per heavy atom. The van der Waals surface area contributed by atoms with Crippen LogP contribution in [-0.2, 0) is 6.54 Å². The van der Waals surface area contributed by atoms with Crippen molar-refractivity contribution in [1.82, 2.24) is 25.1 Å². The number of nitrogens with two attached hydrogens (primary N) is 1. The number of ether oxygens (including phenoxy) is 1. The number of methoxy groups -OCH3 is 1. The predicted molar refractivity (Wildman–Crippen MR) is 127 cm³/mol. The van der Waals surface area contributed by atoms with E-state index in [1.54, 1.807) is 7.11 Å². The summed E-state index contributed by atoms with van der Waals surface area (Å²) in [7, 11) is 1.68. The summed E-state index contributed by atoms with van der Waals surface area (Å²) in [5, 5.41) is 12.6. The van der Waals surface area contributed by atoms with Crippen LogP contribution in [0.25, 0.3) is 22.3 Å². The third-order valence-corrected chi connectivity index (χ3v) is 5.96. The molecule has 0 saturated carbocycles. The summed E-state index contributed by atoms with van der Waals surface area (Å²) in [6.45, 7) is 2.68. The second-order valence-corrected chi connectivity index (χ2v) is 8.01. The quantitative estimate of drug-likeness (QED) is 0.430. The van der Waals surface area contributed by atoms with Gasteiger partial charge in [-0.3, -0.25) is 0 Å². The summed E-state index contributed by atoms with van der Waals surface area (Å²) in [5.74, 6) is 1.32. The standard InChI is InChI=1S/C24H27N7O/c1-32-20-4-2-3-16(13-20)14-27-18-7-5-17(6-8-18)22-21-23(25)28-15-29-24(21)31(30-22)19-9-11-26-12-10-19/h2-8,13,15,19,26-27H,9-12,14H2,1H3,(H2,25,28,29). The third kappa shape index (κ3) is 3.97. The number of fused-ring (bicyclic) bond motifs is 1. The monoisotopic (exact) mass is 429 g/mol. The van der Waals surface area contributed by atoms with Crippen LogP contribution < -0.4 is 21.1 Å². The molecule has 8 heteroatoms. The maximum absolute atomic E-state index is 6.26. The largest absolute Gasteiger partial charge is 0.497 e. The van der Waals surface area contributed by atoms with Gasteiger partial charge in [0.1, 0.15) is 23.6 Å². The molecule has 5 rings (SSSR count). The predicted octanol–water partition coefficient (Wildman–Crippen LogP) is 3.62. The molecule has 4 aromatic rings. The number of piperidine rings is 1. The molecule has 4 N–H and O–H groups in total. The van der Waals surface area contributed by atoms with E-state index in [0.29, 0.717) is 18.4 Å². The number of hydrogen-bond donors (Lipinski definition) is 3. The van der Waals surface area contributed by atoms with Gasteiger partial charge in [-0.15, -0.1) is 0 Å². The molecule has 0 aliphatic carbocycles. The van der Waals surface area contributed by atoms with Crippen LogP contribution in [0.2, 0.25) is 0 Å². The fourth-order valence-electron chi connectivity index (χ4n) is 4.24. The van der Waals surface area contributed by atoms with Crippen LogP contribution in [0.15, 0.2) is 54.9 Å². The van der Waals surface area contributed by atoms with Gasteiger partial charge in [0.05, 0.1) is 18.5 Å². The molecule has 0 radical (unpaired) electrons. The van der Waals surface area contributed by atoms with Crippen molar-refractivity contribution in [3.63, 3.8) is 0 Å². The van der Waals surface area contributed by atoms with Gasteiger partial charge in [0.15, 0.2) is 5.65 Å². The first kappa shape index (κ1) is 20.3. The summed E-state index contributed by atoms with van der Waals surface area (Å²) in [6.07, 6.45) is 3.56. The molecule has 3 heterocycles. The second kappa shape index (κ2) is 8.84. The average molecular weight is 430 g/mol. The average Bonchev–Trinajstić information content (AvgIpc) is 3.25. The molecule has 1 fully saturated rings.